The van der Waals surface area contributed by atoms with Gasteiger partial charge in [0.25, 0.3) is 0 Å². The fourth-order valence-corrected chi connectivity index (χ4v) is 2.28. The zero-order chi connectivity index (χ0) is 13.1. The third-order valence-electron chi connectivity index (χ3n) is 2.75. The van der Waals surface area contributed by atoms with Crippen LogP contribution in [0, 0.1) is 5.82 Å². The van der Waals surface area contributed by atoms with E-state index in [0.29, 0.717) is 0 Å². The molecule has 6 heteroatoms. The van der Waals surface area contributed by atoms with Gasteiger partial charge < -0.3 is 0 Å². The maximum atomic E-state index is 13.3. The van der Waals surface area contributed by atoms with Crippen LogP contribution in [0.4, 0.5) is 4.39 Å². The van der Waals surface area contributed by atoms with Crippen LogP contribution in [-0.2, 0) is 6.54 Å². The first kappa shape index (κ1) is 13.2. The highest BCUT2D eigenvalue weighted by Crippen LogP contribution is 2.28. The number of halogens is 2. The second-order valence-electron chi connectivity index (χ2n) is 3.89. The lowest BCUT2D eigenvalue weighted by atomic mass is 10.0. The van der Waals surface area contributed by atoms with Crippen molar-refractivity contribution in [2.75, 3.05) is 0 Å². The Labute approximate surface area is 113 Å². The summed E-state index contributed by atoms with van der Waals surface area (Å²) in [5.41, 5.74) is 4.33. The van der Waals surface area contributed by atoms with E-state index >= 15 is 0 Å². The minimum absolute atomic E-state index is 0.295. The predicted molar refractivity (Wildman–Crippen MR) is 71.2 cm³/mol. The average Bonchev–Trinajstić information content (AvgIpc) is 2.83. The SMILES string of the molecule is CCn1cc(C(NN)c2cc(F)ccc2Br)cn1. The van der Waals surface area contributed by atoms with E-state index in [0.717, 1.165) is 22.1 Å². The molecule has 4 nitrogen and oxygen atoms in total. The topological polar surface area (TPSA) is 55.9 Å². The molecule has 1 aromatic carbocycles. The molecule has 1 aromatic heterocycles. The Kier molecular flexibility index (Phi) is 4.11. The summed E-state index contributed by atoms with van der Waals surface area (Å²) in [6.07, 6.45) is 3.62. The van der Waals surface area contributed by atoms with Gasteiger partial charge in [-0.1, -0.05) is 15.9 Å². The Morgan fingerprint density at radius 1 is 1.56 bits per heavy atom. The van der Waals surface area contributed by atoms with E-state index in [2.05, 4.69) is 26.5 Å². The van der Waals surface area contributed by atoms with E-state index in [4.69, 9.17) is 5.84 Å². The molecule has 0 bridgehead atoms. The molecule has 0 fully saturated rings. The van der Waals surface area contributed by atoms with Gasteiger partial charge in [-0.05, 0) is 30.7 Å². The summed E-state index contributed by atoms with van der Waals surface area (Å²) in [6.45, 7) is 2.78. The van der Waals surface area contributed by atoms with Crippen molar-refractivity contribution in [3.05, 3.63) is 52.0 Å². The van der Waals surface area contributed by atoms with Crippen LogP contribution in [0.3, 0.4) is 0 Å². The van der Waals surface area contributed by atoms with E-state index in [-0.39, 0.29) is 11.9 Å². The number of aromatic nitrogens is 2. The number of benzene rings is 1. The first-order chi connectivity index (χ1) is 8.65. The first-order valence-electron chi connectivity index (χ1n) is 5.59. The van der Waals surface area contributed by atoms with Gasteiger partial charge in [0, 0.05) is 22.8 Å². The maximum absolute atomic E-state index is 13.3. The lowest BCUT2D eigenvalue weighted by Gasteiger charge is -2.16. The van der Waals surface area contributed by atoms with Crippen molar-refractivity contribution < 1.29 is 4.39 Å². The van der Waals surface area contributed by atoms with Gasteiger partial charge in [0.1, 0.15) is 5.82 Å². The number of nitrogens with zero attached hydrogens (tertiary/aromatic N) is 2. The van der Waals surface area contributed by atoms with Gasteiger partial charge in [-0.15, -0.1) is 0 Å². The normalized spacial score (nSPS) is 12.7. The van der Waals surface area contributed by atoms with Crippen LogP contribution in [0.2, 0.25) is 0 Å². The van der Waals surface area contributed by atoms with E-state index in [1.54, 1.807) is 16.9 Å². The molecule has 96 valence electrons. The molecule has 0 saturated heterocycles. The smallest absolute Gasteiger partial charge is 0.123 e. The van der Waals surface area contributed by atoms with Crippen molar-refractivity contribution in [2.24, 2.45) is 5.84 Å². The Hall–Kier alpha value is -1.24. The highest BCUT2D eigenvalue weighted by Gasteiger charge is 2.17. The molecule has 0 amide bonds. The van der Waals surface area contributed by atoms with Crippen molar-refractivity contribution in [1.82, 2.24) is 15.2 Å². The average molecular weight is 313 g/mol. The predicted octanol–water partition coefficient (Wildman–Crippen LogP) is 2.36. The lowest BCUT2D eigenvalue weighted by Crippen LogP contribution is -2.29. The summed E-state index contributed by atoms with van der Waals surface area (Å²) >= 11 is 3.40. The van der Waals surface area contributed by atoms with Gasteiger partial charge >= 0.3 is 0 Å². The molecule has 0 spiro atoms. The third kappa shape index (κ3) is 2.60. The Morgan fingerprint density at radius 2 is 2.33 bits per heavy atom. The van der Waals surface area contributed by atoms with Crippen LogP contribution in [0.25, 0.3) is 0 Å². The highest BCUT2D eigenvalue weighted by atomic mass is 79.9. The molecule has 18 heavy (non-hydrogen) atoms. The lowest BCUT2D eigenvalue weighted by molar-refractivity contribution is 0.602. The second kappa shape index (κ2) is 5.60. The van der Waals surface area contributed by atoms with E-state index in [9.17, 15) is 4.39 Å². The fourth-order valence-electron chi connectivity index (χ4n) is 1.80. The van der Waals surface area contributed by atoms with Crippen molar-refractivity contribution in [3.63, 3.8) is 0 Å². The molecule has 3 N–H and O–H groups in total. The number of hydrogen-bond acceptors (Lipinski definition) is 3. The van der Waals surface area contributed by atoms with Gasteiger partial charge in [-0.2, -0.15) is 5.10 Å². The summed E-state index contributed by atoms with van der Waals surface area (Å²) in [6, 6.07) is 4.23. The summed E-state index contributed by atoms with van der Waals surface area (Å²) in [7, 11) is 0. The number of nitrogens with two attached hydrogens (primary N) is 1. The third-order valence-corrected chi connectivity index (χ3v) is 3.47. The number of nitrogens with one attached hydrogen (secondary N) is 1. The second-order valence-corrected chi connectivity index (χ2v) is 4.75. The molecule has 1 heterocycles. The summed E-state index contributed by atoms with van der Waals surface area (Å²) in [5.74, 6) is 5.28. The summed E-state index contributed by atoms with van der Waals surface area (Å²) in [5, 5.41) is 4.19. The summed E-state index contributed by atoms with van der Waals surface area (Å²) < 4.78 is 15.9. The van der Waals surface area contributed by atoms with E-state index in [1.165, 1.54) is 12.1 Å². The van der Waals surface area contributed by atoms with Crippen molar-refractivity contribution in [3.8, 4) is 0 Å². The molecule has 0 saturated carbocycles. The van der Waals surface area contributed by atoms with Crippen LogP contribution < -0.4 is 11.3 Å². The molecule has 0 aliphatic heterocycles. The van der Waals surface area contributed by atoms with E-state index < -0.39 is 0 Å². The largest absolute Gasteiger partial charge is 0.273 e. The van der Waals surface area contributed by atoms with Gasteiger partial charge in [0.05, 0.1) is 12.2 Å². The molecular weight excluding hydrogens is 299 g/mol. The quantitative estimate of drug-likeness (QED) is 0.673. The standard InChI is InChI=1S/C12H14BrFN4/c1-2-18-7-8(6-16-18)12(17-15)10-5-9(14)3-4-11(10)13/h3-7,12,17H,2,15H2,1H3. The van der Waals surface area contributed by atoms with Crippen LogP contribution in [-0.4, -0.2) is 9.78 Å². The minimum Gasteiger partial charge on any atom is -0.273 e. The molecule has 0 aliphatic rings. The van der Waals surface area contributed by atoms with Crippen molar-refractivity contribution in [2.45, 2.75) is 19.5 Å². The van der Waals surface area contributed by atoms with Crippen LogP contribution in [0.5, 0.6) is 0 Å². The number of rotatable bonds is 4. The van der Waals surface area contributed by atoms with Crippen molar-refractivity contribution in [1.29, 1.82) is 0 Å². The number of hydrogen-bond donors (Lipinski definition) is 2. The molecule has 0 aliphatic carbocycles. The molecule has 2 rings (SSSR count). The Balaban J connectivity index is 2.41. The van der Waals surface area contributed by atoms with Crippen LogP contribution in [0.15, 0.2) is 35.1 Å². The van der Waals surface area contributed by atoms with Crippen LogP contribution >= 0.6 is 15.9 Å². The molecule has 2 aromatic rings. The fraction of sp³-hybridized carbons (Fsp3) is 0.250. The van der Waals surface area contributed by atoms with Crippen molar-refractivity contribution >= 4 is 15.9 Å². The molecule has 0 radical (unpaired) electrons. The Morgan fingerprint density at radius 3 is 2.94 bits per heavy atom. The molecule has 1 atom stereocenters. The molecule has 1 unspecified atom stereocenters. The maximum Gasteiger partial charge on any atom is 0.123 e. The zero-order valence-corrected chi connectivity index (χ0v) is 11.5. The summed E-state index contributed by atoms with van der Waals surface area (Å²) in [4.78, 5) is 0. The number of hydrazine groups is 1. The first-order valence-corrected chi connectivity index (χ1v) is 6.38. The van der Waals surface area contributed by atoms with Crippen LogP contribution in [0.1, 0.15) is 24.1 Å². The van der Waals surface area contributed by atoms with Gasteiger partial charge in [-0.25, -0.2) is 9.82 Å². The Bertz CT molecular complexity index is 541. The highest BCUT2D eigenvalue weighted by molar-refractivity contribution is 9.10. The monoisotopic (exact) mass is 312 g/mol. The zero-order valence-electron chi connectivity index (χ0n) is 9.90. The van der Waals surface area contributed by atoms with Gasteiger partial charge in [-0.3, -0.25) is 10.5 Å². The number of aryl methyl sites for hydroxylation is 1. The van der Waals surface area contributed by atoms with E-state index in [1.807, 2.05) is 13.1 Å². The molecular formula is C12H14BrFN4. The van der Waals surface area contributed by atoms with Gasteiger partial charge in [0.15, 0.2) is 0 Å². The minimum atomic E-state index is -0.296. The van der Waals surface area contributed by atoms with Gasteiger partial charge in [0.2, 0.25) is 0 Å².